The molecule has 0 aromatic rings. The Morgan fingerprint density at radius 3 is 1.88 bits per heavy atom. The van der Waals surface area contributed by atoms with Gasteiger partial charge in [-0.2, -0.15) is 0 Å². The second-order valence-corrected chi connectivity index (χ2v) is 3.90. The molecule has 17 heavy (non-hydrogen) atoms. The number of hydrogen-bond acceptors (Lipinski definition) is 4. The van der Waals surface area contributed by atoms with Crippen LogP contribution >= 0.6 is 0 Å². The van der Waals surface area contributed by atoms with E-state index in [1.54, 1.807) is 0 Å². The first kappa shape index (κ1) is 19.9. The Bertz CT molecular complexity index is 207. The standard InChI is InChI=1S/C12H22O4.K/c1-2-3-4-5-6-7-8-9-10-16-12(15)11(13)14;/h2-10H2,1H3,(H,13,14);/q;+1/p-1. The Morgan fingerprint density at radius 1 is 0.941 bits per heavy atom. The maximum Gasteiger partial charge on any atom is 1.00 e. The van der Waals surface area contributed by atoms with Crippen LogP contribution in [0.15, 0.2) is 0 Å². The minimum atomic E-state index is -1.76. The SMILES string of the molecule is CCCCCCCCCCOC(=O)C(=O)[O-].[K+]. The van der Waals surface area contributed by atoms with Crippen LogP contribution in [0.4, 0.5) is 0 Å². The van der Waals surface area contributed by atoms with Gasteiger partial charge in [-0.15, -0.1) is 0 Å². The van der Waals surface area contributed by atoms with Crippen molar-refractivity contribution < 1.29 is 70.8 Å². The summed E-state index contributed by atoms with van der Waals surface area (Å²) in [4.78, 5) is 20.4. The van der Waals surface area contributed by atoms with E-state index in [1.807, 2.05) is 0 Å². The minimum absolute atomic E-state index is 0. The first-order chi connectivity index (χ1) is 7.68. The molecule has 0 radical (unpaired) electrons. The van der Waals surface area contributed by atoms with Gasteiger partial charge in [0, 0.05) is 0 Å². The van der Waals surface area contributed by atoms with Crippen molar-refractivity contribution in [1.29, 1.82) is 0 Å². The molecule has 0 spiro atoms. The number of rotatable bonds is 9. The molecule has 0 aromatic heterocycles. The predicted octanol–water partition coefficient (Wildman–Crippen LogP) is -1.58. The van der Waals surface area contributed by atoms with E-state index in [9.17, 15) is 14.7 Å². The molecule has 0 unspecified atom stereocenters. The van der Waals surface area contributed by atoms with Crippen LogP contribution in [0.5, 0.6) is 0 Å². The molecule has 4 nitrogen and oxygen atoms in total. The summed E-state index contributed by atoms with van der Waals surface area (Å²) in [6, 6.07) is 0. The molecule has 0 heterocycles. The van der Waals surface area contributed by atoms with Gasteiger partial charge in [0.15, 0.2) is 5.97 Å². The molecular weight excluding hydrogens is 247 g/mol. The fourth-order valence-electron chi connectivity index (χ4n) is 1.46. The number of unbranched alkanes of at least 4 members (excludes halogenated alkanes) is 7. The summed E-state index contributed by atoms with van der Waals surface area (Å²) in [6.07, 6.45) is 9.12. The Morgan fingerprint density at radius 2 is 1.41 bits per heavy atom. The number of carbonyl (C=O) groups is 2. The fourth-order valence-corrected chi connectivity index (χ4v) is 1.46. The van der Waals surface area contributed by atoms with Crippen LogP contribution in [-0.4, -0.2) is 18.5 Å². The van der Waals surface area contributed by atoms with Gasteiger partial charge in [0.2, 0.25) is 0 Å². The van der Waals surface area contributed by atoms with E-state index in [0.717, 1.165) is 19.3 Å². The smallest absolute Gasteiger partial charge is 0.539 e. The molecule has 0 aliphatic carbocycles. The molecule has 0 atom stereocenters. The van der Waals surface area contributed by atoms with Crippen LogP contribution in [0, 0.1) is 0 Å². The number of ether oxygens (including phenoxy) is 1. The number of carboxylic acid groups (broad SMARTS) is 1. The number of carbonyl (C=O) groups excluding carboxylic acids is 2. The Hall–Kier alpha value is 0.576. The largest absolute Gasteiger partial charge is 1.00 e. The van der Waals surface area contributed by atoms with Crippen LogP contribution in [0.1, 0.15) is 58.3 Å². The third-order valence-corrected chi connectivity index (χ3v) is 2.40. The minimum Gasteiger partial charge on any atom is -0.539 e. The molecule has 0 aliphatic rings. The molecule has 94 valence electrons. The van der Waals surface area contributed by atoms with Gasteiger partial charge < -0.3 is 14.6 Å². The van der Waals surface area contributed by atoms with E-state index in [0.29, 0.717) is 0 Å². The Kier molecular flexibility index (Phi) is 17.1. The number of carboxylic acids is 1. The van der Waals surface area contributed by atoms with Crippen LogP contribution in [0.3, 0.4) is 0 Å². The van der Waals surface area contributed by atoms with Gasteiger partial charge in [-0.3, -0.25) is 0 Å². The van der Waals surface area contributed by atoms with Crippen LogP contribution in [0.2, 0.25) is 0 Å². The van der Waals surface area contributed by atoms with E-state index in [2.05, 4.69) is 11.7 Å². The van der Waals surface area contributed by atoms with Gasteiger partial charge in [-0.25, -0.2) is 4.79 Å². The van der Waals surface area contributed by atoms with Crippen molar-refractivity contribution in [3.8, 4) is 0 Å². The summed E-state index contributed by atoms with van der Waals surface area (Å²) in [6.45, 7) is 2.37. The van der Waals surface area contributed by atoms with E-state index >= 15 is 0 Å². The van der Waals surface area contributed by atoms with Crippen molar-refractivity contribution in [2.45, 2.75) is 58.3 Å². The summed E-state index contributed by atoms with van der Waals surface area (Å²) in [7, 11) is 0. The monoisotopic (exact) mass is 268 g/mol. The molecule has 0 bridgehead atoms. The molecule has 0 saturated carbocycles. The third kappa shape index (κ3) is 14.5. The van der Waals surface area contributed by atoms with Gasteiger partial charge in [0.1, 0.15) is 0 Å². The van der Waals surface area contributed by atoms with Crippen molar-refractivity contribution in [3.05, 3.63) is 0 Å². The zero-order chi connectivity index (χ0) is 12.2. The van der Waals surface area contributed by atoms with Gasteiger partial charge >= 0.3 is 57.4 Å². The van der Waals surface area contributed by atoms with Crippen molar-refractivity contribution >= 4 is 11.9 Å². The molecule has 0 aliphatic heterocycles. The van der Waals surface area contributed by atoms with Gasteiger partial charge in [-0.05, 0) is 6.42 Å². The second kappa shape index (κ2) is 14.6. The van der Waals surface area contributed by atoms with Crippen LogP contribution in [0.25, 0.3) is 0 Å². The fraction of sp³-hybridized carbons (Fsp3) is 0.833. The zero-order valence-electron chi connectivity index (χ0n) is 11.0. The number of esters is 1. The van der Waals surface area contributed by atoms with E-state index in [1.165, 1.54) is 32.1 Å². The molecule has 0 aromatic carbocycles. The van der Waals surface area contributed by atoms with Gasteiger partial charge in [0.25, 0.3) is 0 Å². The first-order valence-corrected chi connectivity index (χ1v) is 6.06. The summed E-state index contributed by atoms with van der Waals surface area (Å²) < 4.78 is 4.45. The topological polar surface area (TPSA) is 66.4 Å². The third-order valence-electron chi connectivity index (χ3n) is 2.40. The molecule has 0 N–H and O–H groups in total. The maximum absolute atomic E-state index is 10.5. The Balaban J connectivity index is 0. The van der Waals surface area contributed by atoms with Crippen LogP contribution < -0.4 is 56.5 Å². The van der Waals surface area contributed by atoms with E-state index in [4.69, 9.17) is 0 Å². The van der Waals surface area contributed by atoms with Crippen molar-refractivity contribution in [3.63, 3.8) is 0 Å². The average molecular weight is 268 g/mol. The number of hydrogen-bond donors (Lipinski definition) is 0. The molecule has 0 amide bonds. The van der Waals surface area contributed by atoms with Gasteiger partial charge in [-0.1, -0.05) is 51.9 Å². The summed E-state index contributed by atoms with van der Waals surface area (Å²) in [5, 5.41) is 9.98. The summed E-state index contributed by atoms with van der Waals surface area (Å²) in [5.41, 5.74) is 0. The molecular formula is C12H21KO4. The quantitative estimate of drug-likeness (QED) is 0.219. The second-order valence-electron chi connectivity index (χ2n) is 3.90. The average Bonchev–Trinajstić information content (AvgIpc) is 2.26. The van der Waals surface area contributed by atoms with Crippen LogP contribution in [-0.2, 0) is 14.3 Å². The predicted molar refractivity (Wildman–Crippen MR) is 58.6 cm³/mol. The molecule has 0 rings (SSSR count). The first-order valence-electron chi connectivity index (χ1n) is 6.06. The molecule has 0 fully saturated rings. The van der Waals surface area contributed by atoms with Crippen molar-refractivity contribution in [2.75, 3.05) is 6.61 Å². The van der Waals surface area contributed by atoms with Gasteiger partial charge in [0.05, 0.1) is 6.61 Å². The van der Waals surface area contributed by atoms with E-state index in [-0.39, 0.29) is 58.0 Å². The Labute approximate surface area is 146 Å². The van der Waals surface area contributed by atoms with E-state index < -0.39 is 11.9 Å². The maximum atomic E-state index is 10.5. The zero-order valence-corrected chi connectivity index (χ0v) is 14.1. The number of aliphatic carboxylic acids is 1. The summed E-state index contributed by atoms with van der Waals surface area (Å²) in [5.74, 6) is -3.03. The van der Waals surface area contributed by atoms with Crippen molar-refractivity contribution in [2.24, 2.45) is 0 Å². The molecule has 0 saturated heterocycles. The van der Waals surface area contributed by atoms with Crippen molar-refractivity contribution in [1.82, 2.24) is 0 Å². The normalized spacial score (nSPS) is 9.47. The summed E-state index contributed by atoms with van der Waals surface area (Å²) >= 11 is 0. The molecule has 5 heteroatoms.